The highest BCUT2D eigenvalue weighted by molar-refractivity contribution is 6.31. The van der Waals surface area contributed by atoms with Gasteiger partial charge >= 0.3 is 5.97 Å². The molecule has 1 aliphatic heterocycles. The monoisotopic (exact) mass is 418 g/mol. The van der Waals surface area contributed by atoms with Crippen LogP contribution in [0.15, 0.2) is 40.7 Å². The van der Waals surface area contributed by atoms with E-state index in [1.54, 1.807) is 6.92 Å². The van der Waals surface area contributed by atoms with E-state index in [9.17, 15) is 14.4 Å². The van der Waals surface area contributed by atoms with Crippen LogP contribution in [0.5, 0.6) is 0 Å². The Morgan fingerprint density at radius 3 is 2.62 bits per heavy atom. The number of allylic oxidation sites excluding steroid dienone is 3. The first kappa shape index (κ1) is 23.0. The molecular weight excluding hydrogens is 391 g/mol. The number of ether oxygens (including phenoxy) is 1. The van der Waals surface area contributed by atoms with Gasteiger partial charge in [-0.3, -0.25) is 0 Å². The smallest absolute Gasteiger partial charge is 0.336 e. The highest BCUT2D eigenvalue weighted by Gasteiger charge is 2.36. The van der Waals surface area contributed by atoms with Gasteiger partial charge in [-0.15, -0.1) is 0 Å². The lowest BCUT2D eigenvalue weighted by Crippen LogP contribution is -2.30. The summed E-state index contributed by atoms with van der Waals surface area (Å²) in [6.07, 6.45) is 2.14. The lowest BCUT2D eigenvalue weighted by Gasteiger charge is -2.30. The van der Waals surface area contributed by atoms with Gasteiger partial charge in [-0.2, -0.15) is 5.26 Å². The Morgan fingerprint density at radius 1 is 1.38 bits per heavy atom. The number of nitriles is 1. The van der Waals surface area contributed by atoms with Crippen LogP contribution in [0.4, 0.5) is 4.39 Å². The molecule has 1 aliphatic rings. The molecule has 0 saturated heterocycles. The third-order valence-corrected chi connectivity index (χ3v) is 5.17. The van der Waals surface area contributed by atoms with Crippen LogP contribution in [0.25, 0.3) is 0 Å². The fourth-order valence-corrected chi connectivity index (χ4v) is 3.58. The van der Waals surface area contributed by atoms with Crippen molar-refractivity contribution in [1.82, 2.24) is 5.32 Å². The summed E-state index contributed by atoms with van der Waals surface area (Å²) in [6, 6.07) is 6.21. The second kappa shape index (κ2) is 9.45. The average molecular weight is 419 g/mol. The minimum Gasteiger partial charge on any atom is -0.462 e. The zero-order valence-electron chi connectivity index (χ0n) is 17.7. The standard InChI is InChI=1S/C23H28ClFN2O2/c1-6-7-19-21(22(28)29-11-10-23(3,4)5)20(17(13-26)14(2)27-19)16-9-8-15(25)12-18(16)24/h8-9,12,20,27H,6-7,10-11H2,1-5H3. The Labute approximate surface area is 177 Å². The molecule has 4 nitrogen and oxygen atoms in total. The van der Waals surface area contributed by atoms with Crippen LogP contribution < -0.4 is 5.32 Å². The Bertz CT molecular complexity index is 891. The number of nitrogens with zero attached hydrogens (tertiary/aromatic N) is 1. The number of rotatable bonds is 6. The largest absolute Gasteiger partial charge is 0.462 e. The SMILES string of the molecule is CCCC1=C(C(=O)OCCC(C)(C)C)C(c2ccc(F)cc2Cl)C(C#N)=C(C)N1. The minimum atomic E-state index is -0.696. The highest BCUT2D eigenvalue weighted by atomic mass is 35.5. The second-order valence-corrected chi connectivity index (χ2v) is 8.87. The number of carbonyl (C=O) groups is 1. The van der Waals surface area contributed by atoms with Crippen molar-refractivity contribution < 1.29 is 13.9 Å². The number of nitrogens with one attached hydrogen (secondary N) is 1. The van der Waals surface area contributed by atoms with Crippen molar-refractivity contribution in [3.63, 3.8) is 0 Å². The van der Waals surface area contributed by atoms with E-state index in [2.05, 4.69) is 32.2 Å². The molecule has 29 heavy (non-hydrogen) atoms. The van der Waals surface area contributed by atoms with Crippen molar-refractivity contribution in [1.29, 1.82) is 5.26 Å². The molecule has 156 valence electrons. The summed E-state index contributed by atoms with van der Waals surface area (Å²) in [5.41, 5.74) is 2.67. The molecule has 0 fully saturated rings. The van der Waals surface area contributed by atoms with Crippen LogP contribution >= 0.6 is 11.6 Å². The number of hydrogen-bond donors (Lipinski definition) is 1. The summed E-state index contributed by atoms with van der Waals surface area (Å²) >= 11 is 6.32. The molecule has 0 aliphatic carbocycles. The Hall–Kier alpha value is -2.32. The second-order valence-electron chi connectivity index (χ2n) is 8.46. The van der Waals surface area contributed by atoms with Gasteiger partial charge in [0.25, 0.3) is 0 Å². The first-order valence-corrected chi connectivity index (χ1v) is 10.2. The van der Waals surface area contributed by atoms with Gasteiger partial charge in [0.15, 0.2) is 0 Å². The zero-order chi connectivity index (χ0) is 21.8. The first-order valence-electron chi connectivity index (χ1n) is 9.82. The Morgan fingerprint density at radius 2 is 2.07 bits per heavy atom. The maximum atomic E-state index is 13.6. The molecule has 0 amide bonds. The van der Waals surface area contributed by atoms with E-state index in [4.69, 9.17) is 16.3 Å². The fourth-order valence-electron chi connectivity index (χ4n) is 3.31. The van der Waals surface area contributed by atoms with E-state index >= 15 is 0 Å². The Kier molecular flexibility index (Phi) is 7.48. The number of hydrogen-bond acceptors (Lipinski definition) is 4. The zero-order valence-corrected chi connectivity index (χ0v) is 18.4. The fraction of sp³-hybridized carbons (Fsp3) is 0.478. The Balaban J connectivity index is 2.54. The first-order chi connectivity index (χ1) is 13.6. The van der Waals surface area contributed by atoms with Crippen molar-refractivity contribution in [3.05, 3.63) is 57.1 Å². The number of carbonyl (C=O) groups excluding carboxylic acids is 1. The molecule has 0 spiro atoms. The summed E-state index contributed by atoms with van der Waals surface area (Å²) in [5.74, 6) is -1.65. The molecule has 1 unspecified atom stereocenters. The third-order valence-electron chi connectivity index (χ3n) is 4.84. The predicted octanol–water partition coefficient (Wildman–Crippen LogP) is 6.00. The highest BCUT2D eigenvalue weighted by Crippen LogP contribution is 2.42. The van der Waals surface area contributed by atoms with Crippen LogP contribution in [-0.4, -0.2) is 12.6 Å². The van der Waals surface area contributed by atoms with Crippen LogP contribution in [0.3, 0.4) is 0 Å². The van der Waals surface area contributed by atoms with Crippen molar-refractivity contribution in [2.75, 3.05) is 6.61 Å². The predicted molar refractivity (Wildman–Crippen MR) is 113 cm³/mol. The van der Waals surface area contributed by atoms with Gasteiger partial charge in [-0.05, 0) is 42.9 Å². The number of esters is 1. The van der Waals surface area contributed by atoms with Gasteiger partial charge < -0.3 is 10.1 Å². The molecular formula is C23H28ClFN2O2. The maximum absolute atomic E-state index is 13.6. The molecule has 1 N–H and O–H groups in total. The van der Waals surface area contributed by atoms with Gasteiger partial charge in [-0.1, -0.05) is 51.8 Å². The van der Waals surface area contributed by atoms with E-state index in [1.807, 2.05) is 6.92 Å². The van der Waals surface area contributed by atoms with Crippen LogP contribution in [0, 0.1) is 22.6 Å². The average Bonchev–Trinajstić information content (AvgIpc) is 2.60. The van der Waals surface area contributed by atoms with Crippen molar-refractivity contribution in [2.45, 2.75) is 59.8 Å². The molecule has 0 aromatic heterocycles. The number of dihydropyridines is 1. The molecule has 0 radical (unpaired) electrons. The summed E-state index contributed by atoms with van der Waals surface area (Å²) in [4.78, 5) is 13.1. The topological polar surface area (TPSA) is 62.1 Å². The lowest BCUT2D eigenvalue weighted by molar-refractivity contribution is -0.140. The van der Waals surface area contributed by atoms with Gasteiger partial charge in [-0.25, -0.2) is 9.18 Å². The maximum Gasteiger partial charge on any atom is 0.336 e. The van der Waals surface area contributed by atoms with E-state index in [0.29, 0.717) is 35.2 Å². The van der Waals surface area contributed by atoms with Gasteiger partial charge in [0, 0.05) is 16.4 Å². The van der Waals surface area contributed by atoms with E-state index in [1.165, 1.54) is 18.2 Å². The molecule has 2 rings (SSSR count). The molecule has 6 heteroatoms. The summed E-state index contributed by atoms with van der Waals surface area (Å²) < 4.78 is 19.2. The van der Waals surface area contributed by atoms with E-state index < -0.39 is 17.7 Å². The number of halogens is 2. The third kappa shape index (κ3) is 5.61. The van der Waals surface area contributed by atoms with Gasteiger partial charge in [0.1, 0.15) is 5.82 Å². The van der Waals surface area contributed by atoms with Gasteiger partial charge in [0.05, 0.1) is 29.7 Å². The molecule has 0 saturated carbocycles. The molecule has 1 aromatic rings. The summed E-state index contributed by atoms with van der Waals surface area (Å²) in [5, 5.41) is 13.2. The van der Waals surface area contributed by atoms with Crippen LogP contribution in [-0.2, 0) is 9.53 Å². The van der Waals surface area contributed by atoms with E-state index in [0.717, 1.165) is 12.1 Å². The van der Waals surface area contributed by atoms with Crippen LogP contribution in [0.2, 0.25) is 5.02 Å². The summed E-state index contributed by atoms with van der Waals surface area (Å²) in [7, 11) is 0. The normalized spacial score (nSPS) is 17.1. The molecule has 1 heterocycles. The van der Waals surface area contributed by atoms with E-state index in [-0.39, 0.29) is 17.0 Å². The minimum absolute atomic E-state index is 0.0275. The summed E-state index contributed by atoms with van der Waals surface area (Å²) in [6.45, 7) is 10.3. The van der Waals surface area contributed by atoms with Crippen LogP contribution in [0.1, 0.15) is 65.4 Å². The van der Waals surface area contributed by atoms with Crippen molar-refractivity contribution in [2.24, 2.45) is 5.41 Å². The lowest BCUT2D eigenvalue weighted by atomic mass is 9.80. The quantitative estimate of drug-likeness (QED) is 0.575. The molecule has 0 bridgehead atoms. The van der Waals surface area contributed by atoms with Gasteiger partial charge in [0.2, 0.25) is 0 Å². The molecule has 1 atom stereocenters. The molecule has 1 aromatic carbocycles. The van der Waals surface area contributed by atoms with Crippen molar-refractivity contribution in [3.8, 4) is 6.07 Å². The number of benzene rings is 1. The van der Waals surface area contributed by atoms with Crippen molar-refractivity contribution >= 4 is 17.6 Å².